The number of carbonyl (C=O) groups excluding carboxylic acids is 1. The Morgan fingerprint density at radius 1 is 1.32 bits per heavy atom. The van der Waals surface area contributed by atoms with Gasteiger partial charge in [-0.2, -0.15) is 0 Å². The zero-order valence-corrected chi connectivity index (χ0v) is 13.5. The van der Waals surface area contributed by atoms with Gasteiger partial charge < -0.3 is 16.0 Å². The van der Waals surface area contributed by atoms with E-state index < -0.39 is 0 Å². The molecule has 1 saturated carbocycles. The Labute approximate surface area is 137 Å². The number of para-hydroxylation sites is 1. The fraction of sp³-hybridized carbons (Fsp3) is 0.471. The first-order valence-electron chi connectivity index (χ1n) is 7.82. The highest BCUT2D eigenvalue weighted by Gasteiger charge is 2.27. The molecular formula is C17H24ClN3O. The van der Waals surface area contributed by atoms with E-state index >= 15 is 0 Å². The number of aromatic amines is 1. The van der Waals surface area contributed by atoms with E-state index in [1.807, 2.05) is 6.07 Å². The number of amides is 1. The van der Waals surface area contributed by atoms with E-state index in [9.17, 15) is 4.79 Å². The molecule has 2 aromatic rings. The van der Waals surface area contributed by atoms with Gasteiger partial charge in [-0.15, -0.1) is 12.4 Å². The van der Waals surface area contributed by atoms with Gasteiger partial charge in [0.15, 0.2) is 0 Å². The summed E-state index contributed by atoms with van der Waals surface area (Å²) in [5.74, 6) is 0.315. The summed E-state index contributed by atoms with van der Waals surface area (Å²) in [6, 6.07) is 8.54. The largest absolute Gasteiger partial charge is 0.361 e. The third-order valence-electron chi connectivity index (χ3n) is 4.44. The standard InChI is InChI=1S/C17H23N3O.ClH/c18-14-8-7-12(10-14)17(21)19-9-3-4-13-11-20-16-6-2-1-5-15(13)16;/h1-2,5-6,11-12,14,20H,3-4,7-10,18H2,(H,19,21);1H. The highest BCUT2D eigenvalue weighted by molar-refractivity contribution is 5.85. The summed E-state index contributed by atoms with van der Waals surface area (Å²) in [4.78, 5) is 15.3. The Morgan fingerprint density at radius 3 is 2.91 bits per heavy atom. The predicted molar refractivity (Wildman–Crippen MR) is 92.2 cm³/mol. The summed E-state index contributed by atoms with van der Waals surface area (Å²) < 4.78 is 0. The van der Waals surface area contributed by atoms with Crippen molar-refractivity contribution in [3.05, 3.63) is 36.0 Å². The van der Waals surface area contributed by atoms with Crippen molar-refractivity contribution >= 4 is 29.2 Å². The van der Waals surface area contributed by atoms with Gasteiger partial charge in [0.2, 0.25) is 5.91 Å². The van der Waals surface area contributed by atoms with Gasteiger partial charge in [0.05, 0.1) is 0 Å². The molecule has 1 aliphatic rings. The van der Waals surface area contributed by atoms with E-state index in [1.54, 1.807) is 0 Å². The second-order valence-corrected chi connectivity index (χ2v) is 6.02. The van der Waals surface area contributed by atoms with Crippen LogP contribution in [0.5, 0.6) is 0 Å². The zero-order chi connectivity index (χ0) is 14.7. The fourth-order valence-corrected chi connectivity index (χ4v) is 3.23. The van der Waals surface area contributed by atoms with Crippen LogP contribution in [0.1, 0.15) is 31.2 Å². The number of hydrogen-bond donors (Lipinski definition) is 3. The van der Waals surface area contributed by atoms with Crippen molar-refractivity contribution in [2.45, 2.75) is 38.1 Å². The number of fused-ring (bicyclic) bond motifs is 1. The molecule has 22 heavy (non-hydrogen) atoms. The van der Waals surface area contributed by atoms with Crippen LogP contribution in [-0.2, 0) is 11.2 Å². The molecule has 1 fully saturated rings. The SMILES string of the molecule is Cl.NC1CCC(C(=O)NCCCc2c[nH]c3ccccc23)C1. The van der Waals surface area contributed by atoms with E-state index in [-0.39, 0.29) is 30.3 Å². The van der Waals surface area contributed by atoms with Crippen LogP contribution >= 0.6 is 12.4 Å². The van der Waals surface area contributed by atoms with Crippen LogP contribution in [0.2, 0.25) is 0 Å². The lowest BCUT2D eigenvalue weighted by molar-refractivity contribution is -0.124. The second-order valence-electron chi connectivity index (χ2n) is 6.02. The van der Waals surface area contributed by atoms with Crippen molar-refractivity contribution < 1.29 is 4.79 Å². The summed E-state index contributed by atoms with van der Waals surface area (Å²) in [5.41, 5.74) is 8.35. The maximum absolute atomic E-state index is 12.0. The highest BCUT2D eigenvalue weighted by Crippen LogP contribution is 2.24. The molecule has 1 aromatic carbocycles. The van der Waals surface area contributed by atoms with Gasteiger partial charge >= 0.3 is 0 Å². The Bertz CT molecular complexity index is 625. The number of nitrogens with one attached hydrogen (secondary N) is 2. The lowest BCUT2D eigenvalue weighted by Crippen LogP contribution is -2.31. The number of rotatable bonds is 5. The normalized spacial score (nSPS) is 20.8. The molecule has 3 rings (SSSR count). The molecule has 0 saturated heterocycles. The quantitative estimate of drug-likeness (QED) is 0.741. The van der Waals surface area contributed by atoms with Gasteiger partial charge in [0, 0.05) is 35.6 Å². The van der Waals surface area contributed by atoms with Crippen molar-refractivity contribution in [2.75, 3.05) is 6.54 Å². The Kier molecular flexibility index (Phi) is 5.86. The van der Waals surface area contributed by atoms with E-state index in [2.05, 4.69) is 34.7 Å². The summed E-state index contributed by atoms with van der Waals surface area (Å²) in [6.07, 6.45) is 6.78. The van der Waals surface area contributed by atoms with Crippen molar-refractivity contribution in [2.24, 2.45) is 11.7 Å². The molecule has 0 radical (unpaired) electrons. The van der Waals surface area contributed by atoms with E-state index in [4.69, 9.17) is 5.73 Å². The van der Waals surface area contributed by atoms with E-state index in [0.29, 0.717) is 0 Å². The number of hydrogen-bond acceptors (Lipinski definition) is 2. The second kappa shape index (κ2) is 7.65. The molecule has 5 heteroatoms. The highest BCUT2D eigenvalue weighted by atomic mass is 35.5. The monoisotopic (exact) mass is 321 g/mol. The predicted octanol–water partition coefficient (Wildman–Crippen LogP) is 2.77. The molecule has 1 aromatic heterocycles. The number of carbonyl (C=O) groups is 1. The van der Waals surface area contributed by atoms with Gasteiger partial charge in [-0.05, 0) is 43.7 Å². The molecule has 120 valence electrons. The van der Waals surface area contributed by atoms with Gasteiger partial charge in [-0.25, -0.2) is 0 Å². The first kappa shape index (κ1) is 16.8. The summed E-state index contributed by atoms with van der Waals surface area (Å²) in [7, 11) is 0. The number of halogens is 1. The number of aryl methyl sites for hydroxylation is 1. The molecule has 0 aliphatic heterocycles. The average molecular weight is 322 g/mol. The fourth-order valence-electron chi connectivity index (χ4n) is 3.23. The third kappa shape index (κ3) is 3.81. The molecule has 4 N–H and O–H groups in total. The lowest BCUT2D eigenvalue weighted by atomic mass is 10.1. The number of H-pyrrole nitrogens is 1. The molecule has 2 atom stereocenters. The minimum Gasteiger partial charge on any atom is -0.361 e. The van der Waals surface area contributed by atoms with Crippen LogP contribution in [0.3, 0.4) is 0 Å². The van der Waals surface area contributed by atoms with E-state index in [0.717, 1.165) is 38.6 Å². The van der Waals surface area contributed by atoms with Crippen molar-refractivity contribution in [3.63, 3.8) is 0 Å². The van der Waals surface area contributed by atoms with Gasteiger partial charge in [-0.3, -0.25) is 4.79 Å². The van der Waals surface area contributed by atoms with Gasteiger partial charge in [0.25, 0.3) is 0 Å². The van der Waals surface area contributed by atoms with Crippen LogP contribution in [-0.4, -0.2) is 23.5 Å². The summed E-state index contributed by atoms with van der Waals surface area (Å²) in [5, 5.41) is 4.33. The van der Waals surface area contributed by atoms with Crippen LogP contribution in [0.25, 0.3) is 10.9 Å². The minimum atomic E-state index is 0. The summed E-state index contributed by atoms with van der Waals surface area (Å²) in [6.45, 7) is 0.740. The van der Waals surface area contributed by atoms with Crippen LogP contribution < -0.4 is 11.1 Å². The first-order chi connectivity index (χ1) is 10.2. The number of nitrogens with two attached hydrogens (primary N) is 1. The molecule has 0 spiro atoms. The molecular weight excluding hydrogens is 298 g/mol. The van der Waals surface area contributed by atoms with Gasteiger partial charge in [0.1, 0.15) is 0 Å². The van der Waals surface area contributed by atoms with Crippen LogP contribution in [0.15, 0.2) is 30.5 Å². The molecule has 4 nitrogen and oxygen atoms in total. The first-order valence-corrected chi connectivity index (χ1v) is 7.82. The maximum atomic E-state index is 12.0. The maximum Gasteiger partial charge on any atom is 0.223 e. The molecule has 1 aliphatic carbocycles. The smallest absolute Gasteiger partial charge is 0.223 e. The number of aromatic nitrogens is 1. The van der Waals surface area contributed by atoms with Crippen molar-refractivity contribution in [1.82, 2.24) is 10.3 Å². The third-order valence-corrected chi connectivity index (χ3v) is 4.44. The Balaban J connectivity index is 0.00000176. The topological polar surface area (TPSA) is 70.9 Å². The molecule has 2 unspecified atom stereocenters. The van der Waals surface area contributed by atoms with Crippen LogP contribution in [0.4, 0.5) is 0 Å². The molecule has 0 bridgehead atoms. The number of benzene rings is 1. The van der Waals surface area contributed by atoms with E-state index in [1.165, 1.54) is 16.5 Å². The van der Waals surface area contributed by atoms with Crippen molar-refractivity contribution in [3.8, 4) is 0 Å². The summed E-state index contributed by atoms with van der Waals surface area (Å²) >= 11 is 0. The molecule has 1 heterocycles. The van der Waals surface area contributed by atoms with Crippen molar-refractivity contribution in [1.29, 1.82) is 0 Å². The minimum absolute atomic E-state index is 0. The molecule has 1 amide bonds. The Hall–Kier alpha value is -1.52. The van der Waals surface area contributed by atoms with Crippen LogP contribution in [0, 0.1) is 5.92 Å². The lowest BCUT2D eigenvalue weighted by Gasteiger charge is -2.10. The average Bonchev–Trinajstić information content (AvgIpc) is 3.10. The zero-order valence-electron chi connectivity index (χ0n) is 12.7. The Morgan fingerprint density at radius 2 is 2.14 bits per heavy atom. The van der Waals surface area contributed by atoms with Gasteiger partial charge in [-0.1, -0.05) is 18.2 Å².